The second kappa shape index (κ2) is 11.9. The first-order valence-electron chi connectivity index (χ1n) is 12.5. The number of carboxylic acid groups (broad SMARTS) is 1. The van der Waals surface area contributed by atoms with Gasteiger partial charge in [-0.1, -0.05) is 54.7 Å². The molecule has 1 N–H and O–H groups in total. The standard InChI is InChI=1S/C30H31Cl2N3O3/c1-5-8-24-20(3)33-35(29-25(31)11-7-12-26(29)32)28(24)18-38-23-13-14-27(19(2)15-23)34(4)17-21-9-6-10-22(16-21)30(36)37/h6-7,9-16H,5,8,17-18H2,1-4H3,(H,36,37). The first-order chi connectivity index (χ1) is 18.2. The number of aromatic carboxylic acids is 1. The minimum Gasteiger partial charge on any atom is -0.487 e. The molecule has 0 radical (unpaired) electrons. The summed E-state index contributed by atoms with van der Waals surface area (Å²) in [7, 11) is 1.99. The van der Waals surface area contributed by atoms with Crippen molar-refractivity contribution in [3.8, 4) is 11.4 Å². The van der Waals surface area contributed by atoms with Crippen molar-refractivity contribution in [1.82, 2.24) is 9.78 Å². The van der Waals surface area contributed by atoms with Crippen molar-refractivity contribution in [1.29, 1.82) is 0 Å². The Kier molecular flexibility index (Phi) is 8.65. The lowest BCUT2D eigenvalue weighted by Crippen LogP contribution is -2.17. The number of nitrogens with zero attached hydrogens (tertiary/aromatic N) is 3. The number of benzene rings is 3. The quantitative estimate of drug-likeness (QED) is 0.219. The number of hydrogen-bond donors (Lipinski definition) is 1. The molecule has 0 aliphatic rings. The lowest BCUT2D eigenvalue weighted by Gasteiger charge is -2.22. The summed E-state index contributed by atoms with van der Waals surface area (Å²) in [6, 6.07) is 18.4. The fourth-order valence-corrected chi connectivity index (χ4v) is 5.22. The molecule has 0 atom stereocenters. The van der Waals surface area contributed by atoms with E-state index in [1.807, 2.05) is 55.9 Å². The van der Waals surface area contributed by atoms with Crippen LogP contribution in [0, 0.1) is 13.8 Å². The molecular formula is C30H31Cl2N3O3. The minimum absolute atomic E-state index is 0.284. The number of carboxylic acids is 1. The number of anilines is 1. The van der Waals surface area contributed by atoms with Crippen molar-refractivity contribution in [2.75, 3.05) is 11.9 Å². The highest BCUT2D eigenvalue weighted by atomic mass is 35.5. The van der Waals surface area contributed by atoms with Crippen LogP contribution in [-0.2, 0) is 19.6 Å². The molecule has 0 unspecified atom stereocenters. The molecule has 0 spiro atoms. The molecular weight excluding hydrogens is 521 g/mol. The molecule has 8 heteroatoms. The van der Waals surface area contributed by atoms with Crippen LogP contribution in [0.1, 0.15) is 51.8 Å². The zero-order valence-electron chi connectivity index (χ0n) is 22.0. The number of hydrogen-bond acceptors (Lipinski definition) is 4. The van der Waals surface area contributed by atoms with E-state index in [0.29, 0.717) is 28.9 Å². The second-order valence-corrected chi connectivity index (χ2v) is 10.2. The summed E-state index contributed by atoms with van der Waals surface area (Å²) in [6.07, 6.45) is 1.85. The molecule has 1 aromatic heterocycles. The van der Waals surface area contributed by atoms with Gasteiger partial charge in [0, 0.05) is 24.8 Å². The molecule has 0 fully saturated rings. The number of para-hydroxylation sites is 1. The van der Waals surface area contributed by atoms with Crippen LogP contribution < -0.4 is 9.64 Å². The zero-order chi connectivity index (χ0) is 27.4. The van der Waals surface area contributed by atoms with Gasteiger partial charge in [0.25, 0.3) is 0 Å². The molecule has 1 heterocycles. The molecule has 3 aromatic carbocycles. The Morgan fingerprint density at radius 3 is 2.42 bits per heavy atom. The predicted molar refractivity (Wildman–Crippen MR) is 153 cm³/mol. The van der Waals surface area contributed by atoms with Gasteiger partial charge in [0.1, 0.15) is 18.0 Å². The number of rotatable bonds is 10. The Hall–Kier alpha value is -3.48. The summed E-state index contributed by atoms with van der Waals surface area (Å²) >= 11 is 13.0. The maximum atomic E-state index is 11.3. The maximum Gasteiger partial charge on any atom is 0.335 e. The van der Waals surface area contributed by atoms with E-state index in [1.54, 1.807) is 30.3 Å². The summed E-state index contributed by atoms with van der Waals surface area (Å²) in [4.78, 5) is 13.4. The zero-order valence-corrected chi connectivity index (χ0v) is 23.5. The van der Waals surface area contributed by atoms with E-state index in [4.69, 9.17) is 33.0 Å². The minimum atomic E-state index is -0.928. The lowest BCUT2D eigenvalue weighted by molar-refractivity contribution is 0.0696. The van der Waals surface area contributed by atoms with Crippen LogP contribution in [-0.4, -0.2) is 27.9 Å². The van der Waals surface area contributed by atoms with Crippen LogP contribution >= 0.6 is 23.2 Å². The van der Waals surface area contributed by atoms with Gasteiger partial charge in [-0.25, -0.2) is 9.48 Å². The molecule has 0 saturated heterocycles. The van der Waals surface area contributed by atoms with Crippen LogP contribution in [0.5, 0.6) is 5.75 Å². The monoisotopic (exact) mass is 551 g/mol. The Labute approximate surface area is 233 Å². The Morgan fingerprint density at radius 2 is 1.76 bits per heavy atom. The summed E-state index contributed by atoms with van der Waals surface area (Å²) < 4.78 is 8.09. The molecule has 4 rings (SSSR count). The van der Waals surface area contributed by atoms with Crippen molar-refractivity contribution in [2.24, 2.45) is 0 Å². The fourth-order valence-electron chi connectivity index (χ4n) is 4.67. The normalized spacial score (nSPS) is 11.0. The molecule has 0 aliphatic heterocycles. The number of halogens is 2. The Bertz CT molecular complexity index is 1450. The second-order valence-electron chi connectivity index (χ2n) is 9.34. The average molecular weight is 553 g/mol. The van der Waals surface area contributed by atoms with E-state index in [1.165, 1.54) is 0 Å². The molecule has 6 nitrogen and oxygen atoms in total. The third-order valence-corrected chi connectivity index (χ3v) is 7.10. The van der Waals surface area contributed by atoms with E-state index in [-0.39, 0.29) is 5.56 Å². The molecule has 0 bridgehead atoms. The SMILES string of the molecule is CCCc1c(C)nn(-c2c(Cl)cccc2Cl)c1COc1ccc(N(C)Cc2cccc(C(=O)O)c2)c(C)c1. The first-order valence-corrected chi connectivity index (χ1v) is 13.2. The highest BCUT2D eigenvalue weighted by molar-refractivity contribution is 6.37. The number of carbonyl (C=O) groups is 1. The van der Waals surface area contributed by atoms with Crippen LogP contribution in [0.2, 0.25) is 10.0 Å². The maximum absolute atomic E-state index is 11.3. The summed E-state index contributed by atoms with van der Waals surface area (Å²) in [5.74, 6) is -0.187. The number of ether oxygens (including phenoxy) is 1. The largest absolute Gasteiger partial charge is 0.487 e. The molecule has 198 valence electrons. The summed E-state index contributed by atoms with van der Waals surface area (Å²) in [6.45, 7) is 7.07. The smallest absolute Gasteiger partial charge is 0.335 e. The van der Waals surface area contributed by atoms with Crippen molar-refractivity contribution in [3.63, 3.8) is 0 Å². The highest BCUT2D eigenvalue weighted by Gasteiger charge is 2.20. The van der Waals surface area contributed by atoms with E-state index in [0.717, 1.165) is 52.4 Å². The van der Waals surface area contributed by atoms with Gasteiger partial charge in [-0.15, -0.1) is 0 Å². The predicted octanol–water partition coefficient (Wildman–Crippen LogP) is 7.66. The van der Waals surface area contributed by atoms with Crippen molar-refractivity contribution >= 4 is 34.9 Å². The van der Waals surface area contributed by atoms with Gasteiger partial charge >= 0.3 is 5.97 Å². The topological polar surface area (TPSA) is 67.6 Å². The van der Waals surface area contributed by atoms with E-state index >= 15 is 0 Å². The molecule has 0 amide bonds. The number of aromatic nitrogens is 2. The summed E-state index contributed by atoms with van der Waals surface area (Å²) in [5, 5.41) is 15.1. The van der Waals surface area contributed by atoms with Gasteiger partial charge in [0.2, 0.25) is 0 Å². The van der Waals surface area contributed by atoms with E-state index in [9.17, 15) is 9.90 Å². The van der Waals surface area contributed by atoms with E-state index < -0.39 is 5.97 Å². The number of aryl methyl sites for hydroxylation is 2. The van der Waals surface area contributed by atoms with Gasteiger partial charge < -0.3 is 14.7 Å². The van der Waals surface area contributed by atoms with Gasteiger partial charge in [0.15, 0.2) is 0 Å². The fraction of sp³-hybridized carbons (Fsp3) is 0.267. The van der Waals surface area contributed by atoms with Crippen molar-refractivity contribution in [3.05, 3.63) is 104 Å². The Morgan fingerprint density at radius 1 is 1.05 bits per heavy atom. The van der Waals surface area contributed by atoms with Crippen molar-refractivity contribution in [2.45, 2.75) is 46.8 Å². The van der Waals surface area contributed by atoms with Gasteiger partial charge in [-0.05, 0) is 73.9 Å². The van der Waals surface area contributed by atoms with Gasteiger partial charge in [0.05, 0.1) is 27.0 Å². The van der Waals surface area contributed by atoms with Crippen LogP contribution in [0.25, 0.3) is 5.69 Å². The van der Waals surface area contributed by atoms with Gasteiger partial charge in [-0.3, -0.25) is 0 Å². The lowest BCUT2D eigenvalue weighted by atomic mass is 10.1. The summed E-state index contributed by atoms with van der Waals surface area (Å²) in [5.41, 5.74) is 6.95. The molecule has 38 heavy (non-hydrogen) atoms. The molecule has 0 aliphatic carbocycles. The molecule has 0 saturated carbocycles. The third kappa shape index (κ3) is 5.98. The average Bonchev–Trinajstić information content (AvgIpc) is 3.17. The van der Waals surface area contributed by atoms with Crippen LogP contribution in [0.3, 0.4) is 0 Å². The van der Waals surface area contributed by atoms with Crippen LogP contribution in [0.15, 0.2) is 60.7 Å². The van der Waals surface area contributed by atoms with Crippen LogP contribution in [0.4, 0.5) is 5.69 Å². The third-order valence-electron chi connectivity index (χ3n) is 6.49. The molecule has 4 aromatic rings. The first kappa shape index (κ1) is 27.6. The Balaban J connectivity index is 1.56. The highest BCUT2D eigenvalue weighted by Crippen LogP contribution is 2.32. The van der Waals surface area contributed by atoms with E-state index in [2.05, 4.69) is 11.8 Å². The van der Waals surface area contributed by atoms with Gasteiger partial charge in [-0.2, -0.15) is 5.10 Å². The van der Waals surface area contributed by atoms with Crippen molar-refractivity contribution < 1.29 is 14.6 Å².